The predicted molar refractivity (Wildman–Crippen MR) is 45.2 cm³/mol. The van der Waals surface area contributed by atoms with Crippen LogP contribution in [0, 0.1) is 11.3 Å². The largest absolute Gasteiger partial charge is 0.472 e. The molecule has 3 heteroatoms. The highest BCUT2D eigenvalue weighted by Crippen LogP contribution is 2.00. The minimum atomic E-state index is -0.0556. The van der Waals surface area contributed by atoms with Crippen LogP contribution in [-0.4, -0.2) is 6.04 Å². The molecule has 0 spiro atoms. The molecule has 1 rings (SSSR count). The molecule has 1 aromatic heterocycles. The third kappa shape index (κ3) is 2.40. The van der Waals surface area contributed by atoms with E-state index in [9.17, 15) is 0 Å². The molecule has 3 nitrogen and oxygen atoms in total. The first-order chi connectivity index (χ1) is 5.86. The van der Waals surface area contributed by atoms with Crippen molar-refractivity contribution in [2.45, 2.75) is 25.9 Å². The van der Waals surface area contributed by atoms with Crippen molar-refractivity contribution in [2.24, 2.45) is 0 Å². The Labute approximate surface area is 72.0 Å². The van der Waals surface area contributed by atoms with Crippen molar-refractivity contribution in [3.8, 4) is 6.07 Å². The molecule has 64 valence electrons. The lowest BCUT2D eigenvalue weighted by atomic mass is 10.2. The number of nitrogens with one attached hydrogen (secondary N) is 1. The van der Waals surface area contributed by atoms with Crippen molar-refractivity contribution in [1.82, 2.24) is 5.32 Å². The molecule has 12 heavy (non-hydrogen) atoms. The van der Waals surface area contributed by atoms with Crippen LogP contribution in [0.3, 0.4) is 0 Å². The first-order valence-corrected chi connectivity index (χ1v) is 4.01. The summed E-state index contributed by atoms with van der Waals surface area (Å²) in [6, 6.07) is 4.00. The Morgan fingerprint density at radius 1 is 1.75 bits per heavy atom. The van der Waals surface area contributed by atoms with Crippen molar-refractivity contribution in [3.63, 3.8) is 0 Å². The van der Waals surface area contributed by atoms with Gasteiger partial charge in [0, 0.05) is 12.1 Å². The van der Waals surface area contributed by atoms with E-state index in [1.54, 1.807) is 12.5 Å². The Morgan fingerprint density at radius 3 is 3.08 bits per heavy atom. The van der Waals surface area contributed by atoms with Crippen molar-refractivity contribution in [2.75, 3.05) is 0 Å². The quantitative estimate of drug-likeness (QED) is 0.736. The van der Waals surface area contributed by atoms with Gasteiger partial charge >= 0.3 is 0 Å². The Bertz CT molecular complexity index is 248. The van der Waals surface area contributed by atoms with Gasteiger partial charge in [0.1, 0.15) is 0 Å². The highest BCUT2D eigenvalue weighted by atomic mass is 16.3. The number of hydrogen-bond acceptors (Lipinski definition) is 3. The smallest absolute Gasteiger partial charge is 0.0952 e. The summed E-state index contributed by atoms with van der Waals surface area (Å²) in [6.45, 7) is 2.68. The number of furan rings is 1. The number of nitrogens with zero attached hydrogens (tertiary/aromatic N) is 1. The Hall–Kier alpha value is -1.27. The van der Waals surface area contributed by atoms with E-state index in [2.05, 4.69) is 11.4 Å². The SMILES string of the molecule is CCC(C#N)NCc1ccoc1. The molecular weight excluding hydrogens is 152 g/mol. The van der Waals surface area contributed by atoms with Gasteiger partial charge in [-0.25, -0.2) is 0 Å². The fourth-order valence-corrected chi connectivity index (χ4v) is 0.916. The van der Waals surface area contributed by atoms with Crippen molar-refractivity contribution in [1.29, 1.82) is 5.26 Å². The number of rotatable bonds is 4. The van der Waals surface area contributed by atoms with E-state index in [0.29, 0.717) is 6.54 Å². The van der Waals surface area contributed by atoms with Crippen LogP contribution in [0.4, 0.5) is 0 Å². The molecule has 0 aliphatic heterocycles. The minimum Gasteiger partial charge on any atom is -0.472 e. The summed E-state index contributed by atoms with van der Waals surface area (Å²) in [5.74, 6) is 0. The average Bonchev–Trinajstić information content (AvgIpc) is 2.59. The summed E-state index contributed by atoms with van der Waals surface area (Å²) >= 11 is 0. The van der Waals surface area contributed by atoms with E-state index in [4.69, 9.17) is 9.68 Å². The van der Waals surface area contributed by atoms with E-state index in [1.807, 2.05) is 13.0 Å². The fourth-order valence-electron chi connectivity index (χ4n) is 0.916. The van der Waals surface area contributed by atoms with Crippen LogP contribution in [0.5, 0.6) is 0 Å². The molecule has 1 atom stereocenters. The maximum atomic E-state index is 8.62. The summed E-state index contributed by atoms with van der Waals surface area (Å²) in [5, 5.41) is 11.7. The molecular formula is C9H12N2O. The second kappa shape index (κ2) is 4.58. The van der Waals surface area contributed by atoms with Gasteiger partial charge in [-0.15, -0.1) is 0 Å². The van der Waals surface area contributed by atoms with Gasteiger partial charge in [-0.2, -0.15) is 5.26 Å². The number of nitriles is 1. The second-order valence-electron chi connectivity index (χ2n) is 2.60. The van der Waals surface area contributed by atoms with Gasteiger partial charge in [0.15, 0.2) is 0 Å². The first kappa shape index (κ1) is 8.82. The lowest BCUT2D eigenvalue weighted by Gasteiger charge is -2.06. The topological polar surface area (TPSA) is 49.0 Å². The van der Waals surface area contributed by atoms with Crippen molar-refractivity contribution in [3.05, 3.63) is 24.2 Å². The van der Waals surface area contributed by atoms with Gasteiger partial charge in [-0.3, -0.25) is 5.32 Å². The van der Waals surface area contributed by atoms with Crippen LogP contribution in [0.15, 0.2) is 23.0 Å². The molecule has 0 radical (unpaired) electrons. The lowest BCUT2D eigenvalue weighted by Crippen LogP contribution is -2.25. The zero-order valence-electron chi connectivity index (χ0n) is 7.08. The lowest BCUT2D eigenvalue weighted by molar-refractivity contribution is 0.551. The summed E-state index contributed by atoms with van der Waals surface area (Å²) in [7, 11) is 0. The van der Waals surface area contributed by atoms with Gasteiger partial charge in [0.25, 0.3) is 0 Å². The Kier molecular flexibility index (Phi) is 3.36. The van der Waals surface area contributed by atoms with Gasteiger partial charge in [0.2, 0.25) is 0 Å². The molecule has 0 aliphatic carbocycles. The fraction of sp³-hybridized carbons (Fsp3) is 0.444. The maximum absolute atomic E-state index is 8.62. The molecule has 0 aliphatic rings. The highest BCUT2D eigenvalue weighted by molar-refractivity contribution is 5.05. The average molecular weight is 164 g/mol. The van der Waals surface area contributed by atoms with E-state index < -0.39 is 0 Å². The monoisotopic (exact) mass is 164 g/mol. The van der Waals surface area contributed by atoms with E-state index in [1.165, 1.54) is 0 Å². The van der Waals surface area contributed by atoms with Gasteiger partial charge in [-0.1, -0.05) is 6.92 Å². The zero-order chi connectivity index (χ0) is 8.81. The van der Waals surface area contributed by atoms with E-state index in [0.717, 1.165) is 12.0 Å². The molecule has 0 amide bonds. The molecule has 0 fully saturated rings. The van der Waals surface area contributed by atoms with Crippen molar-refractivity contribution < 1.29 is 4.42 Å². The summed E-state index contributed by atoms with van der Waals surface area (Å²) in [5.41, 5.74) is 1.07. The molecule has 0 saturated heterocycles. The summed E-state index contributed by atoms with van der Waals surface area (Å²) in [6.07, 6.45) is 4.13. The van der Waals surface area contributed by atoms with Crippen molar-refractivity contribution >= 4 is 0 Å². The van der Waals surface area contributed by atoms with Gasteiger partial charge in [0.05, 0.1) is 24.6 Å². The Morgan fingerprint density at radius 2 is 2.58 bits per heavy atom. The minimum absolute atomic E-state index is 0.0556. The molecule has 0 aromatic carbocycles. The molecule has 0 saturated carbocycles. The Balaban J connectivity index is 2.31. The second-order valence-corrected chi connectivity index (χ2v) is 2.60. The normalized spacial score (nSPS) is 12.3. The highest BCUT2D eigenvalue weighted by Gasteiger charge is 2.02. The summed E-state index contributed by atoms with van der Waals surface area (Å²) < 4.78 is 4.89. The number of hydrogen-bond donors (Lipinski definition) is 1. The van der Waals surface area contributed by atoms with E-state index >= 15 is 0 Å². The van der Waals surface area contributed by atoms with Crippen LogP contribution in [0.1, 0.15) is 18.9 Å². The molecule has 1 unspecified atom stereocenters. The van der Waals surface area contributed by atoms with Crippen LogP contribution >= 0.6 is 0 Å². The van der Waals surface area contributed by atoms with Crippen LogP contribution in [-0.2, 0) is 6.54 Å². The molecule has 0 bridgehead atoms. The van der Waals surface area contributed by atoms with Crippen LogP contribution in [0.25, 0.3) is 0 Å². The third-order valence-electron chi connectivity index (χ3n) is 1.70. The molecule has 1 N–H and O–H groups in total. The van der Waals surface area contributed by atoms with E-state index in [-0.39, 0.29) is 6.04 Å². The zero-order valence-corrected chi connectivity index (χ0v) is 7.08. The summed E-state index contributed by atoms with van der Waals surface area (Å²) in [4.78, 5) is 0. The molecule has 1 heterocycles. The van der Waals surface area contributed by atoms with Crippen LogP contribution < -0.4 is 5.32 Å². The molecule has 1 aromatic rings. The maximum Gasteiger partial charge on any atom is 0.0952 e. The van der Waals surface area contributed by atoms with Crippen LogP contribution in [0.2, 0.25) is 0 Å². The predicted octanol–water partition coefficient (Wildman–Crippen LogP) is 1.67. The first-order valence-electron chi connectivity index (χ1n) is 4.01. The third-order valence-corrected chi connectivity index (χ3v) is 1.70. The van der Waals surface area contributed by atoms with Gasteiger partial charge in [-0.05, 0) is 12.5 Å². The standard InChI is InChI=1S/C9H12N2O/c1-2-9(5-10)11-6-8-3-4-12-7-8/h3-4,7,9,11H,2,6H2,1H3. The van der Waals surface area contributed by atoms with Gasteiger partial charge < -0.3 is 4.42 Å².